The van der Waals surface area contributed by atoms with Gasteiger partial charge in [0.15, 0.2) is 0 Å². The summed E-state index contributed by atoms with van der Waals surface area (Å²) >= 11 is 1.58. The number of hydrogen-bond donors (Lipinski definition) is 1. The van der Waals surface area contributed by atoms with E-state index in [0.29, 0.717) is 5.75 Å². The Kier molecular flexibility index (Phi) is 4.10. The van der Waals surface area contributed by atoms with Crippen molar-refractivity contribution in [2.24, 2.45) is 0 Å². The highest BCUT2D eigenvalue weighted by atomic mass is 32.2. The largest absolute Gasteiger partial charge is 0.342 e. The zero-order valence-electron chi connectivity index (χ0n) is 15.0. The Morgan fingerprint density at radius 2 is 1.92 bits per heavy atom. The molecule has 3 aliphatic rings. The number of hydrogen-bond acceptors (Lipinski definition) is 3. The molecule has 2 aliphatic heterocycles. The molecule has 0 aromatic heterocycles. The molecule has 25 heavy (non-hydrogen) atoms. The van der Waals surface area contributed by atoms with Crippen molar-refractivity contribution < 1.29 is 9.59 Å². The first-order valence-electron chi connectivity index (χ1n) is 9.23. The molecule has 0 unspecified atom stereocenters. The highest BCUT2D eigenvalue weighted by Crippen LogP contribution is 2.46. The van der Waals surface area contributed by atoms with Gasteiger partial charge in [0, 0.05) is 18.8 Å². The van der Waals surface area contributed by atoms with Crippen molar-refractivity contribution in [2.45, 2.75) is 55.7 Å². The van der Waals surface area contributed by atoms with E-state index in [1.54, 1.807) is 11.8 Å². The topological polar surface area (TPSA) is 49.4 Å². The molecule has 2 amide bonds. The molecule has 2 heterocycles. The maximum atomic E-state index is 12.9. The minimum Gasteiger partial charge on any atom is -0.342 e. The fourth-order valence-electron chi connectivity index (χ4n) is 4.52. The number of nitrogens with one attached hydrogen (secondary N) is 1. The van der Waals surface area contributed by atoms with Gasteiger partial charge in [-0.1, -0.05) is 24.3 Å². The van der Waals surface area contributed by atoms with Gasteiger partial charge in [-0.15, -0.1) is 11.8 Å². The van der Waals surface area contributed by atoms with Crippen LogP contribution in [0, 0.1) is 0 Å². The SMILES string of the molecule is CC1(C)SC[C@H](C(=O)N2CCC3(CCc4ccccc43)CC2)NC1=O. The van der Waals surface area contributed by atoms with Crippen molar-refractivity contribution in [1.82, 2.24) is 10.2 Å². The van der Waals surface area contributed by atoms with Gasteiger partial charge in [-0.05, 0) is 56.1 Å². The average Bonchev–Trinajstić information content (AvgIpc) is 2.96. The third-order valence-corrected chi connectivity index (χ3v) is 7.66. The molecule has 0 saturated carbocycles. The number of likely N-dealkylation sites (tertiary alicyclic amines) is 1. The average molecular weight is 359 g/mol. The highest BCUT2D eigenvalue weighted by Gasteiger charge is 2.44. The second kappa shape index (κ2) is 6.04. The van der Waals surface area contributed by atoms with E-state index in [1.165, 1.54) is 17.5 Å². The molecule has 5 heteroatoms. The van der Waals surface area contributed by atoms with E-state index in [1.807, 2.05) is 18.7 Å². The van der Waals surface area contributed by atoms with Gasteiger partial charge in [0.25, 0.3) is 0 Å². The van der Waals surface area contributed by atoms with Crippen LogP contribution >= 0.6 is 11.8 Å². The summed E-state index contributed by atoms with van der Waals surface area (Å²) in [5.41, 5.74) is 3.26. The summed E-state index contributed by atoms with van der Waals surface area (Å²) in [6.07, 6.45) is 4.44. The lowest BCUT2D eigenvalue weighted by molar-refractivity contribution is -0.137. The number of nitrogens with zero attached hydrogens (tertiary/aromatic N) is 1. The van der Waals surface area contributed by atoms with E-state index in [-0.39, 0.29) is 23.3 Å². The van der Waals surface area contributed by atoms with Crippen LogP contribution in [0.4, 0.5) is 0 Å². The van der Waals surface area contributed by atoms with Crippen LogP contribution in [0.5, 0.6) is 0 Å². The fraction of sp³-hybridized carbons (Fsp3) is 0.600. The summed E-state index contributed by atoms with van der Waals surface area (Å²) in [4.78, 5) is 27.0. The quantitative estimate of drug-likeness (QED) is 0.839. The third kappa shape index (κ3) is 2.86. The maximum Gasteiger partial charge on any atom is 0.246 e. The van der Waals surface area contributed by atoms with Crippen molar-refractivity contribution in [3.05, 3.63) is 35.4 Å². The molecule has 2 saturated heterocycles. The Labute approximate surface area is 153 Å². The zero-order valence-corrected chi connectivity index (χ0v) is 15.8. The minimum absolute atomic E-state index is 0.0275. The molecule has 1 aromatic carbocycles. The second-order valence-corrected chi connectivity index (χ2v) is 9.75. The van der Waals surface area contributed by atoms with Crippen LogP contribution in [0.25, 0.3) is 0 Å². The molecule has 1 spiro atoms. The standard InChI is InChI=1S/C20H26N2O2S/c1-19(2)18(24)21-16(13-25-19)17(23)22-11-9-20(10-12-22)8-7-14-5-3-4-6-15(14)20/h3-6,16H,7-13H2,1-2H3,(H,21,24)/t16-/m1/s1. The second-order valence-electron chi connectivity index (χ2n) is 8.11. The van der Waals surface area contributed by atoms with E-state index >= 15 is 0 Å². The summed E-state index contributed by atoms with van der Waals surface area (Å²) in [5.74, 6) is 0.736. The number of aryl methyl sites for hydroxylation is 1. The molecule has 0 radical (unpaired) electrons. The Bertz CT molecular complexity index is 707. The summed E-state index contributed by atoms with van der Waals surface area (Å²) in [6.45, 7) is 5.42. The van der Waals surface area contributed by atoms with Crippen LogP contribution < -0.4 is 5.32 Å². The van der Waals surface area contributed by atoms with Crippen molar-refractivity contribution >= 4 is 23.6 Å². The van der Waals surface area contributed by atoms with Crippen LogP contribution in [0.3, 0.4) is 0 Å². The molecule has 0 bridgehead atoms. The van der Waals surface area contributed by atoms with E-state index in [9.17, 15) is 9.59 Å². The van der Waals surface area contributed by atoms with Gasteiger partial charge in [0.1, 0.15) is 6.04 Å². The van der Waals surface area contributed by atoms with E-state index in [2.05, 4.69) is 29.6 Å². The number of fused-ring (bicyclic) bond motifs is 2. The lowest BCUT2D eigenvalue weighted by Gasteiger charge is -2.42. The number of rotatable bonds is 1. The fourth-order valence-corrected chi connectivity index (χ4v) is 5.52. The predicted octanol–water partition coefficient (Wildman–Crippen LogP) is 2.50. The smallest absolute Gasteiger partial charge is 0.246 e. The van der Waals surface area contributed by atoms with Crippen molar-refractivity contribution in [2.75, 3.05) is 18.8 Å². The monoisotopic (exact) mass is 358 g/mol. The predicted molar refractivity (Wildman–Crippen MR) is 101 cm³/mol. The highest BCUT2D eigenvalue weighted by molar-refractivity contribution is 8.01. The number of thioether (sulfide) groups is 1. The minimum atomic E-state index is -0.434. The van der Waals surface area contributed by atoms with E-state index in [4.69, 9.17) is 0 Å². The van der Waals surface area contributed by atoms with Gasteiger partial charge in [0.2, 0.25) is 11.8 Å². The molecule has 1 aromatic rings. The van der Waals surface area contributed by atoms with Gasteiger partial charge in [-0.2, -0.15) is 0 Å². The Morgan fingerprint density at radius 3 is 2.64 bits per heavy atom. The molecular formula is C20H26N2O2S. The lowest BCUT2D eigenvalue weighted by Crippen LogP contribution is -2.59. The van der Waals surface area contributed by atoms with Gasteiger partial charge in [0.05, 0.1) is 4.75 Å². The van der Waals surface area contributed by atoms with Gasteiger partial charge in [-0.25, -0.2) is 0 Å². The molecule has 4 rings (SSSR count). The summed E-state index contributed by atoms with van der Waals surface area (Å²) in [7, 11) is 0. The number of amides is 2. The molecule has 1 aliphatic carbocycles. The third-order valence-electron chi connectivity index (χ3n) is 6.25. The van der Waals surface area contributed by atoms with Crippen LogP contribution in [0.1, 0.15) is 44.2 Å². The maximum absolute atomic E-state index is 12.9. The first-order valence-corrected chi connectivity index (χ1v) is 10.2. The molecule has 1 atom stereocenters. The van der Waals surface area contributed by atoms with Crippen LogP contribution in [-0.2, 0) is 21.4 Å². The van der Waals surface area contributed by atoms with Crippen LogP contribution in [0.15, 0.2) is 24.3 Å². The first-order chi connectivity index (χ1) is 11.9. The number of benzene rings is 1. The Morgan fingerprint density at radius 1 is 1.20 bits per heavy atom. The number of piperidine rings is 1. The molecule has 2 fully saturated rings. The van der Waals surface area contributed by atoms with E-state index in [0.717, 1.165) is 32.4 Å². The van der Waals surface area contributed by atoms with E-state index < -0.39 is 4.75 Å². The van der Waals surface area contributed by atoms with Gasteiger partial charge in [-0.3, -0.25) is 9.59 Å². The molecule has 4 nitrogen and oxygen atoms in total. The summed E-state index contributed by atoms with van der Waals surface area (Å²) in [5, 5.41) is 2.93. The summed E-state index contributed by atoms with van der Waals surface area (Å²) in [6, 6.07) is 8.43. The van der Waals surface area contributed by atoms with Crippen LogP contribution in [-0.4, -0.2) is 46.3 Å². The Balaban J connectivity index is 1.41. The molecular weight excluding hydrogens is 332 g/mol. The number of carbonyl (C=O) groups is 2. The lowest BCUT2D eigenvalue weighted by atomic mass is 9.74. The Hall–Kier alpha value is -1.49. The van der Waals surface area contributed by atoms with Crippen LogP contribution in [0.2, 0.25) is 0 Å². The van der Waals surface area contributed by atoms with Crippen molar-refractivity contribution in [3.63, 3.8) is 0 Å². The van der Waals surface area contributed by atoms with Gasteiger partial charge < -0.3 is 10.2 Å². The van der Waals surface area contributed by atoms with Gasteiger partial charge >= 0.3 is 0 Å². The van der Waals surface area contributed by atoms with Crippen molar-refractivity contribution in [1.29, 1.82) is 0 Å². The molecule has 1 N–H and O–H groups in total. The zero-order chi connectivity index (χ0) is 17.7. The number of carbonyl (C=O) groups excluding carboxylic acids is 2. The summed E-state index contributed by atoms with van der Waals surface area (Å²) < 4.78 is -0.434. The first kappa shape index (κ1) is 17.0. The normalized spacial score (nSPS) is 27.0. The molecule has 134 valence electrons. The van der Waals surface area contributed by atoms with Crippen molar-refractivity contribution in [3.8, 4) is 0 Å².